The van der Waals surface area contributed by atoms with Crippen LogP contribution in [0.1, 0.15) is 43.5 Å². The number of benzene rings is 2. The minimum Gasteiger partial charge on any atom is -0.489 e. The predicted molar refractivity (Wildman–Crippen MR) is 119 cm³/mol. The van der Waals surface area contributed by atoms with Crippen molar-refractivity contribution in [3.63, 3.8) is 0 Å². The molecular weight excluding hydrogens is 441 g/mol. The topological polar surface area (TPSA) is 65.1 Å². The quantitative estimate of drug-likeness (QED) is 0.551. The number of halogens is 2. The lowest BCUT2D eigenvalue weighted by atomic mass is 9.92. The van der Waals surface area contributed by atoms with E-state index in [2.05, 4.69) is 0 Å². The van der Waals surface area contributed by atoms with Crippen LogP contribution >= 0.6 is 23.2 Å². The molecule has 0 fully saturated rings. The molecule has 2 aromatic rings. The summed E-state index contributed by atoms with van der Waals surface area (Å²) in [5.41, 5.74) is 1.79. The summed E-state index contributed by atoms with van der Waals surface area (Å²) >= 11 is 12.1. The lowest BCUT2D eigenvalue weighted by Gasteiger charge is -2.36. The monoisotopic (exact) mass is 465 g/mol. The second-order valence-electron chi connectivity index (χ2n) is 8.28. The third kappa shape index (κ3) is 5.83. The third-order valence-corrected chi connectivity index (χ3v) is 5.16. The van der Waals surface area contributed by atoms with Gasteiger partial charge in [0, 0.05) is 16.6 Å². The van der Waals surface area contributed by atoms with Gasteiger partial charge in [0.15, 0.2) is 6.04 Å². The van der Waals surface area contributed by atoms with Crippen LogP contribution in [0.25, 0.3) is 0 Å². The molecule has 1 aliphatic rings. The molecule has 1 aliphatic heterocycles. The van der Waals surface area contributed by atoms with E-state index in [1.807, 2.05) is 6.07 Å². The smallest absolute Gasteiger partial charge is 0.411 e. The average Bonchev–Trinajstić information content (AvgIpc) is 2.68. The highest BCUT2D eigenvalue weighted by molar-refractivity contribution is 6.34. The molecule has 0 saturated heterocycles. The van der Waals surface area contributed by atoms with Crippen molar-refractivity contribution in [2.75, 3.05) is 13.7 Å². The number of esters is 1. The van der Waals surface area contributed by atoms with Crippen LogP contribution in [-0.2, 0) is 27.3 Å². The molecule has 8 heteroatoms. The van der Waals surface area contributed by atoms with Crippen molar-refractivity contribution in [1.29, 1.82) is 0 Å². The van der Waals surface area contributed by atoms with Gasteiger partial charge in [0.1, 0.15) is 18.0 Å². The normalized spacial score (nSPS) is 15.8. The van der Waals surface area contributed by atoms with Crippen LogP contribution in [0.2, 0.25) is 10.0 Å². The van der Waals surface area contributed by atoms with E-state index in [9.17, 15) is 9.59 Å². The SMILES string of the molecule is COC(=O)[C@H]1c2ccc(OCc3cc(Cl)cc(Cl)c3)cc2CCN1C(=O)OC(C)(C)C. The van der Waals surface area contributed by atoms with Gasteiger partial charge in [0.25, 0.3) is 0 Å². The van der Waals surface area contributed by atoms with E-state index in [1.165, 1.54) is 12.0 Å². The zero-order valence-electron chi connectivity index (χ0n) is 17.9. The Hall–Kier alpha value is -2.44. The number of carbonyl (C=O) groups is 2. The Balaban J connectivity index is 1.81. The average molecular weight is 466 g/mol. The van der Waals surface area contributed by atoms with Crippen LogP contribution in [0.3, 0.4) is 0 Å². The van der Waals surface area contributed by atoms with Crippen LogP contribution in [0.4, 0.5) is 4.79 Å². The summed E-state index contributed by atoms with van der Waals surface area (Å²) < 4.78 is 16.3. The van der Waals surface area contributed by atoms with Crippen molar-refractivity contribution in [1.82, 2.24) is 4.90 Å². The van der Waals surface area contributed by atoms with Crippen LogP contribution in [0.15, 0.2) is 36.4 Å². The number of ether oxygens (including phenoxy) is 3. The van der Waals surface area contributed by atoms with Crippen molar-refractivity contribution in [2.24, 2.45) is 0 Å². The molecule has 0 radical (unpaired) electrons. The lowest BCUT2D eigenvalue weighted by Crippen LogP contribution is -2.46. The first-order valence-corrected chi connectivity index (χ1v) is 10.6. The standard InChI is InChI=1S/C23H25Cl2NO5/c1-23(2,3)31-22(28)26-8-7-15-11-18(5-6-19(15)20(26)21(27)29-4)30-13-14-9-16(24)12-17(25)10-14/h5-6,9-12,20H,7-8,13H2,1-4H3/t20-/m1/s1. The lowest BCUT2D eigenvalue weighted by molar-refractivity contribution is -0.147. The number of methoxy groups -OCH3 is 1. The Morgan fingerprint density at radius 3 is 2.39 bits per heavy atom. The predicted octanol–water partition coefficient (Wildman–Crippen LogP) is 5.58. The molecule has 0 bridgehead atoms. The van der Waals surface area contributed by atoms with Crippen molar-refractivity contribution < 1.29 is 23.8 Å². The van der Waals surface area contributed by atoms with Gasteiger partial charge >= 0.3 is 12.1 Å². The first-order valence-electron chi connectivity index (χ1n) is 9.85. The first-order chi connectivity index (χ1) is 14.6. The summed E-state index contributed by atoms with van der Waals surface area (Å²) in [4.78, 5) is 26.6. The number of nitrogens with zero attached hydrogens (tertiary/aromatic N) is 1. The number of rotatable bonds is 4. The molecule has 0 spiro atoms. The summed E-state index contributed by atoms with van der Waals surface area (Å²) in [5, 5.41) is 1.08. The van der Waals surface area contributed by atoms with Crippen molar-refractivity contribution >= 4 is 35.3 Å². The van der Waals surface area contributed by atoms with E-state index in [0.717, 1.165) is 11.1 Å². The Morgan fingerprint density at radius 1 is 1.10 bits per heavy atom. The molecule has 166 valence electrons. The van der Waals surface area contributed by atoms with Gasteiger partial charge in [-0.2, -0.15) is 0 Å². The minimum absolute atomic E-state index is 0.295. The number of hydrogen-bond donors (Lipinski definition) is 0. The summed E-state index contributed by atoms with van der Waals surface area (Å²) in [5.74, 6) is 0.123. The van der Waals surface area contributed by atoms with Gasteiger partial charge in [-0.1, -0.05) is 29.3 Å². The maximum Gasteiger partial charge on any atom is 0.411 e. The van der Waals surface area contributed by atoms with Gasteiger partial charge in [-0.25, -0.2) is 9.59 Å². The highest BCUT2D eigenvalue weighted by atomic mass is 35.5. The molecule has 1 heterocycles. The van der Waals surface area contributed by atoms with Gasteiger partial charge < -0.3 is 14.2 Å². The highest BCUT2D eigenvalue weighted by Crippen LogP contribution is 2.34. The molecule has 2 aromatic carbocycles. The van der Waals surface area contributed by atoms with Gasteiger partial charge in [0.2, 0.25) is 0 Å². The fourth-order valence-electron chi connectivity index (χ4n) is 3.44. The van der Waals surface area contributed by atoms with Gasteiger partial charge in [0.05, 0.1) is 7.11 Å². The maximum atomic E-state index is 12.7. The van der Waals surface area contributed by atoms with E-state index in [1.54, 1.807) is 51.1 Å². The summed E-state index contributed by atoms with van der Waals surface area (Å²) in [6, 6.07) is 9.80. The number of hydrogen-bond acceptors (Lipinski definition) is 5. The third-order valence-electron chi connectivity index (χ3n) is 4.72. The van der Waals surface area contributed by atoms with Gasteiger partial charge in [-0.15, -0.1) is 0 Å². The highest BCUT2D eigenvalue weighted by Gasteiger charge is 2.39. The molecule has 31 heavy (non-hydrogen) atoms. The summed E-state index contributed by atoms with van der Waals surface area (Å²) in [6.07, 6.45) is 0.00846. The zero-order chi connectivity index (χ0) is 22.8. The largest absolute Gasteiger partial charge is 0.489 e. The molecule has 0 aliphatic carbocycles. The van der Waals surface area contributed by atoms with Crippen LogP contribution in [-0.4, -0.2) is 36.2 Å². The van der Waals surface area contributed by atoms with E-state index >= 15 is 0 Å². The number of fused-ring (bicyclic) bond motifs is 1. The number of amides is 1. The molecule has 0 N–H and O–H groups in total. The Morgan fingerprint density at radius 2 is 1.77 bits per heavy atom. The van der Waals surface area contributed by atoms with E-state index in [-0.39, 0.29) is 0 Å². The molecule has 6 nitrogen and oxygen atoms in total. The van der Waals surface area contributed by atoms with Crippen LogP contribution in [0, 0.1) is 0 Å². The van der Waals surface area contributed by atoms with Gasteiger partial charge in [-0.05, 0) is 74.2 Å². The molecule has 0 saturated carbocycles. The van der Waals surface area contributed by atoms with Crippen LogP contribution in [0.5, 0.6) is 5.75 Å². The Bertz CT molecular complexity index is 966. The van der Waals surface area contributed by atoms with E-state index in [4.69, 9.17) is 37.4 Å². The van der Waals surface area contributed by atoms with Crippen molar-refractivity contribution in [3.05, 3.63) is 63.1 Å². The van der Waals surface area contributed by atoms with Crippen molar-refractivity contribution in [3.8, 4) is 5.75 Å². The number of carbonyl (C=O) groups excluding carboxylic acids is 2. The minimum atomic E-state index is -0.871. The fraction of sp³-hybridized carbons (Fsp3) is 0.391. The molecule has 1 amide bonds. The molecular formula is C23H25Cl2NO5. The van der Waals surface area contributed by atoms with Gasteiger partial charge in [-0.3, -0.25) is 4.90 Å². The van der Waals surface area contributed by atoms with E-state index < -0.39 is 23.7 Å². The maximum absolute atomic E-state index is 12.7. The fourth-order valence-corrected chi connectivity index (χ4v) is 4.01. The summed E-state index contributed by atoms with van der Waals surface area (Å²) in [7, 11) is 1.30. The molecule has 3 rings (SSSR count). The molecule has 0 aromatic heterocycles. The second kappa shape index (κ2) is 9.37. The Kier molecular flexibility index (Phi) is 7.02. The Labute approximate surface area is 192 Å². The molecule has 0 unspecified atom stereocenters. The second-order valence-corrected chi connectivity index (χ2v) is 9.15. The summed E-state index contributed by atoms with van der Waals surface area (Å²) in [6.45, 7) is 5.98. The van der Waals surface area contributed by atoms with E-state index in [0.29, 0.717) is 40.9 Å². The molecule has 1 atom stereocenters. The van der Waals surface area contributed by atoms with Crippen molar-refractivity contribution in [2.45, 2.75) is 45.4 Å². The van der Waals surface area contributed by atoms with Crippen LogP contribution < -0.4 is 4.74 Å². The first kappa shape index (κ1) is 23.2. The zero-order valence-corrected chi connectivity index (χ0v) is 19.4.